The van der Waals surface area contributed by atoms with Gasteiger partial charge >= 0.3 is 0 Å². The van der Waals surface area contributed by atoms with Crippen LogP contribution < -0.4 is 9.64 Å². The molecular formula is C20H20Cl2N2O2. The van der Waals surface area contributed by atoms with E-state index in [1.807, 2.05) is 35.2 Å². The zero-order valence-corrected chi connectivity index (χ0v) is 16.0. The number of benzene rings is 2. The SMILES string of the molecule is COc1ccccc1N1CCN(C(=O)/C=C/c2ccc(Cl)c(Cl)c2)CC1. The van der Waals surface area contributed by atoms with E-state index in [0.717, 1.165) is 30.1 Å². The van der Waals surface area contributed by atoms with Crippen LogP contribution in [-0.2, 0) is 4.79 Å². The number of rotatable bonds is 4. The summed E-state index contributed by atoms with van der Waals surface area (Å²) in [5.74, 6) is 0.850. The first kappa shape index (κ1) is 18.6. The Hall–Kier alpha value is -2.17. The van der Waals surface area contributed by atoms with Crippen LogP contribution in [0.4, 0.5) is 5.69 Å². The van der Waals surface area contributed by atoms with Crippen LogP contribution in [0.2, 0.25) is 10.0 Å². The maximum Gasteiger partial charge on any atom is 0.246 e. The third-order valence-corrected chi connectivity index (χ3v) is 5.12. The summed E-state index contributed by atoms with van der Waals surface area (Å²) < 4.78 is 5.42. The van der Waals surface area contributed by atoms with Gasteiger partial charge in [-0.1, -0.05) is 41.4 Å². The standard InChI is InChI=1S/C20H20Cl2N2O2/c1-26-19-5-3-2-4-18(19)23-10-12-24(13-11-23)20(25)9-7-15-6-8-16(21)17(22)14-15/h2-9,14H,10-13H2,1H3/b9-7+. The smallest absolute Gasteiger partial charge is 0.246 e. The highest BCUT2D eigenvalue weighted by molar-refractivity contribution is 6.42. The topological polar surface area (TPSA) is 32.8 Å². The molecule has 1 aliphatic heterocycles. The fourth-order valence-corrected chi connectivity index (χ4v) is 3.25. The molecule has 3 rings (SSSR count). The number of carbonyl (C=O) groups excluding carboxylic acids is 1. The Morgan fingerprint density at radius 1 is 1.04 bits per heavy atom. The predicted octanol–water partition coefficient (Wildman–Crippen LogP) is 4.36. The van der Waals surface area contributed by atoms with Gasteiger partial charge in [-0.2, -0.15) is 0 Å². The van der Waals surface area contributed by atoms with Crippen LogP contribution in [-0.4, -0.2) is 44.1 Å². The van der Waals surface area contributed by atoms with Gasteiger partial charge in [-0.15, -0.1) is 0 Å². The molecule has 136 valence electrons. The third-order valence-electron chi connectivity index (χ3n) is 4.38. The van der Waals surface area contributed by atoms with E-state index in [2.05, 4.69) is 4.90 Å². The molecule has 2 aromatic carbocycles. The van der Waals surface area contributed by atoms with Crippen LogP contribution in [0.1, 0.15) is 5.56 Å². The molecule has 2 aromatic rings. The Morgan fingerprint density at radius 2 is 1.77 bits per heavy atom. The van der Waals surface area contributed by atoms with Gasteiger partial charge in [-0.05, 0) is 35.9 Å². The maximum atomic E-state index is 12.4. The molecule has 0 bridgehead atoms. The van der Waals surface area contributed by atoms with Crippen molar-refractivity contribution in [3.05, 3.63) is 64.1 Å². The number of methoxy groups -OCH3 is 1. The van der Waals surface area contributed by atoms with Crippen molar-refractivity contribution in [1.82, 2.24) is 4.90 Å². The zero-order valence-electron chi connectivity index (χ0n) is 14.5. The number of para-hydroxylation sites is 2. The Kier molecular flexibility index (Phi) is 6.07. The quantitative estimate of drug-likeness (QED) is 0.726. The molecule has 1 heterocycles. The molecule has 4 nitrogen and oxygen atoms in total. The van der Waals surface area contributed by atoms with Crippen molar-refractivity contribution in [3.63, 3.8) is 0 Å². The normalized spacial score (nSPS) is 14.7. The van der Waals surface area contributed by atoms with Crippen molar-refractivity contribution in [2.45, 2.75) is 0 Å². The first-order valence-electron chi connectivity index (χ1n) is 8.38. The highest BCUT2D eigenvalue weighted by atomic mass is 35.5. The number of ether oxygens (including phenoxy) is 1. The van der Waals surface area contributed by atoms with Gasteiger partial charge in [-0.3, -0.25) is 4.79 Å². The Labute approximate surface area is 163 Å². The molecular weight excluding hydrogens is 371 g/mol. The number of nitrogens with zero attached hydrogens (tertiary/aromatic N) is 2. The van der Waals surface area contributed by atoms with Gasteiger partial charge in [0.25, 0.3) is 0 Å². The van der Waals surface area contributed by atoms with Crippen LogP contribution in [0.15, 0.2) is 48.5 Å². The van der Waals surface area contributed by atoms with Crippen LogP contribution in [0, 0.1) is 0 Å². The molecule has 0 spiro atoms. The summed E-state index contributed by atoms with van der Waals surface area (Å²) in [4.78, 5) is 16.5. The lowest BCUT2D eigenvalue weighted by Gasteiger charge is -2.36. The molecule has 0 aliphatic carbocycles. The van der Waals surface area contributed by atoms with Crippen molar-refractivity contribution < 1.29 is 9.53 Å². The van der Waals surface area contributed by atoms with Crippen molar-refractivity contribution in [3.8, 4) is 5.75 Å². The molecule has 0 unspecified atom stereocenters. The molecule has 6 heteroatoms. The Morgan fingerprint density at radius 3 is 2.46 bits per heavy atom. The molecule has 0 radical (unpaired) electrons. The summed E-state index contributed by atoms with van der Waals surface area (Å²) in [6.07, 6.45) is 3.34. The summed E-state index contributed by atoms with van der Waals surface area (Å²) in [7, 11) is 1.67. The summed E-state index contributed by atoms with van der Waals surface area (Å²) in [5, 5.41) is 0.981. The lowest BCUT2D eigenvalue weighted by Crippen LogP contribution is -2.48. The van der Waals surface area contributed by atoms with E-state index in [1.165, 1.54) is 0 Å². The average Bonchev–Trinajstić information content (AvgIpc) is 2.68. The number of carbonyl (C=O) groups is 1. The highest BCUT2D eigenvalue weighted by Crippen LogP contribution is 2.28. The molecule has 0 N–H and O–H groups in total. The third kappa shape index (κ3) is 4.32. The van der Waals surface area contributed by atoms with Crippen molar-refractivity contribution in [2.75, 3.05) is 38.2 Å². The van der Waals surface area contributed by atoms with Crippen LogP contribution in [0.5, 0.6) is 5.75 Å². The maximum absolute atomic E-state index is 12.4. The molecule has 1 amide bonds. The van der Waals surface area contributed by atoms with Gasteiger partial charge in [-0.25, -0.2) is 0 Å². The number of piperazine rings is 1. The molecule has 0 aromatic heterocycles. The second-order valence-corrected chi connectivity index (χ2v) is 6.81. The van der Waals surface area contributed by atoms with Gasteiger partial charge in [0.2, 0.25) is 5.91 Å². The van der Waals surface area contributed by atoms with Gasteiger partial charge in [0.15, 0.2) is 0 Å². The molecule has 26 heavy (non-hydrogen) atoms. The highest BCUT2D eigenvalue weighted by Gasteiger charge is 2.21. The first-order chi connectivity index (χ1) is 12.6. The molecule has 1 aliphatic rings. The summed E-state index contributed by atoms with van der Waals surface area (Å²) in [5.41, 5.74) is 1.91. The molecule has 1 fully saturated rings. The van der Waals surface area contributed by atoms with E-state index in [-0.39, 0.29) is 5.91 Å². The number of amides is 1. The van der Waals surface area contributed by atoms with Crippen molar-refractivity contribution in [2.24, 2.45) is 0 Å². The lowest BCUT2D eigenvalue weighted by molar-refractivity contribution is -0.126. The monoisotopic (exact) mass is 390 g/mol. The van der Waals surface area contributed by atoms with Gasteiger partial charge in [0.05, 0.1) is 22.8 Å². The summed E-state index contributed by atoms with van der Waals surface area (Å²) in [6, 6.07) is 13.2. The second-order valence-electron chi connectivity index (χ2n) is 5.99. The van der Waals surface area contributed by atoms with E-state index in [4.69, 9.17) is 27.9 Å². The number of hydrogen-bond acceptors (Lipinski definition) is 3. The zero-order chi connectivity index (χ0) is 18.5. The fourth-order valence-electron chi connectivity index (χ4n) is 2.95. The van der Waals surface area contributed by atoms with Crippen LogP contribution in [0.25, 0.3) is 6.08 Å². The van der Waals surface area contributed by atoms with Crippen LogP contribution >= 0.6 is 23.2 Å². The van der Waals surface area contributed by atoms with E-state index < -0.39 is 0 Å². The minimum absolute atomic E-state index is 0.00394. The number of halogens is 2. The number of anilines is 1. The lowest BCUT2D eigenvalue weighted by atomic mass is 10.2. The largest absolute Gasteiger partial charge is 0.495 e. The predicted molar refractivity (Wildman–Crippen MR) is 107 cm³/mol. The van der Waals surface area contributed by atoms with Gasteiger partial charge in [0.1, 0.15) is 5.75 Å². The molecule has 1 saturated heterocycles. The van der Waals surface area contributed by atoms with E-state index in [9.17, 15) is 4.79 Å². The molecule has 0 atom stereocenters. The average molecular weight is 391 g/mol. The van der Waals surface area contributed by atoms with Crippen LogP contribution in [0.3, 0.4) is 0 Å². The minimum atomic E-state index is -0.00394. The molecule has 0 saturated carbocycles. The van der Waals surface area contributed by atoms with Gasteiger partial charge in [0, 0.05) is 32.3 Å². The number of hydrogen-bond donors (Lipinski definition) is 0. The second kappa shape index (κ2) is 8.47. The Balaban J connectivity index is 1.59. The fraction of sp³-hybridized carbons (Fsp3) is 0.250. The summed E-state index contributed by atoms with van der Waals surface area (Å²) >= 11 is 11.9. The summed E-state index contributed by atoms with van der Waals surface area (Å²) in [6.45, 7) is 2.88. The Bertz CT molecular complexity index is 815. The van der Waals surface area contributed by atoms with Gasteiger partial charge < -0.3 is 14.5 Å². The van der Waals surface area contributed by atoms with Crippen molar-refractivity contribution in [1.29, 1.82) is 0 Å². The van der Waals surface area contributed by atoms with E-state index >= 15 is 0 Å². The van der Waals surface area contributed by atoms with E-state index in [1.54, 1.807) is 31.4 Å². The van der Waals surface area contributed by atoms with E-state index in [0.29, 0.717) is 23.1 Å². The van der Waals surface area contributed by atoms with Crippen molar-refractivity contribution >= 4 is 40.9 Å². The minimum Gasteiger partial charge on any atom is -0.495 e. The first-order valence-corrected chi connectivity index (χ1v) is 9.14.